The molecule has 1 aromatic heterocycles. The van der Waals surface area contributed by atoms with Crippen molar-refractivity contribution in [3.63, 3.8) is 0 Å². The number of para-hydroxylation sites is 1. The van der Waals surface area contributed by atoms with Gasteiger partial charge in [0.2, 0.25) is 5.76 Å². The summed E-state index contributed by atoms with van der Waals surface area (Å²) in [6.45, 7) is 3.41. The normalized spacial score (nSPS) is 13.1. The fraction of sp³-hybridized carbons (Fsp3) is 0.273. The maximum Gasteiger partial charge on any atom is 0.375 e. The highest BCUT2D eigenvalue weighted by molar-refractivity contribution is 5.97. The summed E-state index contributed by atoms with van der Waals surface area (Å²) in [7, 11) is 1.52. The highest BCUT2D eigenvalue weighted by Gasteiger charge is 2.26. The molecule has 3 aromatic rings. The molecule has 29 heavy (non-hydrogen) atoms. The standard InChI is InChI=1S/C22H22FNO5/c1-13(15-8-10-16(23)11-9-15)24-21(25)14(2)28-22(26)20-18(12-27-3)17-6-4-5-7-19(17)29-20/h4-11,13-14H,12H2,1-3H3,(H,24,25)/t13-,14+/m1/s1. The van der Waals surface area contributed by atoms with E-state index in [1.54, 1.807) is 31.2 Å². The van der Waals surface area contributed by atoms with Crippen molar-refractivity contribution in [3.05, 3.63) is 71.2 Å². The Morgan fingerprint density at radius 1 is 1.10 bits per heavy atom. The second-order valence-corrected chi connectivity index (χ2v) is 6.67. The summed E-state index contributed by atoms with van der Waals surface area (Å²) in [5, 5.41) is 3.50. The molecule has 0 aliphatic rings. The quantitative estimate of drug-likeness (QED) is 0.604. The second kappa shape index (κ2) is 8.87. The molecule has 0 saturated carbocycles. The number of benzene rings is 2. The minimum Gasteiger partial charge on any atom is -0.449 e. The van der Waals surface area contributed by atoms with Gasteiger partial charge in [-0.15, -0.1) is 0 Å². The molecule has 0 aliphatic heterocycles. The highest BCUT2D eigenvalue weighted by Crippen LogP contribution is 2.27. The Kier molecular flexibility index (Phi) is 6.29. The molecule has 152 valence electrons. The molecule has 0 unspecified atom stereocenters. The molecule has 2 aromatic carbocycles. The van der Waals surface area contributed by atoms with Gasteiger partial charge in [0, 0.05) is 18.1 Å². The van der Waals surface area contributed by atoms with E-state index in [2.05, 4.69) is 5.32 Å². The van der Waals surface area contributed by atoms with Gasteiger partial charge >= 0.3 is 5.97 Å². The smallest absolute Gasteiger partial charge is 0.375 e. The summed E-state index contributed by atoms with van der Waals surface area (Å²) < 4.78 is 29.2. The van der Waals surface area contributed by atoms with Crippen LogP contribution in [0, 0.1) is 5.82 Å². The number of carbonyl (C=O) groups excluding carboxylic acids is 2. The van der Waals surface area contributed by atoms with E-state index >= 15 is 0 Å². The van der Waals surface area contributed by atoms with Gasteiger partial charge in [-0.3, -0.25) is 4.79 Å². The largest absolute Gasteiger partial charge is 0.449 e. The maximum absolute atomic E-state index is 13.0. The number of fused-ring (bicyclic) bond motifs is 1. The van der Waals surface area contributed by atoms with Gasteiger partial charge in [0.25, 0.3) is 5.91 Å². The fourth-order valence-electron chi connectivity index (χ4n) is 2.98. The summed E-state index contributed by atoms with van der Waals surface area (Å²) in [4.78, 5) is 25.1. The van der Waals surface area contributed by atoms with Crippen LogP contribution >= 0.6 is 0 Å². The molecule has 0 aliphatic carbocycles. The van der Waals surface area contributed by atoms with Crippen LogP contribution in [0.3, 0.4) is 0 Å². The first-order chi connectivity index (χ1) is 13.9. The van der Waals surface area contributed by atoms with Crippen LogP contribution in [0.2, 0.25) is 0 Å². The van der Waals surface area contributed by atoms with Gasteiger partial charge in [-0.25, -0.2) is 9.18 Å². The van der Waals surface area contributed by atoms with Gasteiger partial charge in [-0.1, -0.05) is 30.3 Å². The summed E-state index contributed by atoms with van der Waals surface area (Å²) in [6.07, 6.45) is -1.05. The number of rotatable bonds is 7. The van der Waals surface area contributed by atoms with Crippen molar-refractivity contribution in [1.82, 2.24) is 5.32 Å². The van der Waals surface area contributed by atoms with Gasteiger partial charge in [-0.05, 0) is 37.6 Å². The van der Waals surface area contributed by atoms with E-state index in [9.17, 15) is 14.0 Å². The Balaban J connectivity index is 1.70. The Morgan fingerprint density at radius 3 is 2.48 bits per heavy atom. The lowest BCUT2D eigenvalue weighted by Crippen LogP contribution is -2.37. The second-order valence-electron chi connectivity index (χ2n) is 6.67. The predicted octanol–water partition coefficient (Wildman–Crippen LogP) is 4.14. The van der Waals surface area contributed by atoms with Crippen molar-refractivity contribution >= 4 is 22.8 Å². The van der Waals surface area contributed by atoms with Crippen LogP contribution in [-0.4, -0.2) is 25.1 Å². The summed E-state index contributed by atoms with van der Waals surface area (Å²) in [6, 6.07) is 12.6. The Hall–Kier alpha value is -3.19. The van der Waals surface area contributed by atoms with Crippen LogP contribution in [0.15, 0.2) is 52.9 Å². The monoisotopic (exact) mass is 399 g/mol. The molecule has 2 atom stereocenters. The third kappa shape index (κ3) is 4.63. The van der Waals surface area contributed by atoms with Crippen molar-refractivity contribution in [2.45, 2.75) is 32.6 Å². The van der Waals surface area contributed by atoms with Crippen molar-refractivity contribution in [3.8, 4) is 0 Å². The van der Waals surface area contributed by atoms with E-state index in [4.69, 9.17) is 13.9 Å². The lowest BCUT2D eigenvalue weighted by molar-refractivity contribution is -0.129. The number of halogens is 1. The zero-order valence-electron chi connectivity index (χ0n) is 16.4. The number of carbonyl (C=O) groups is 2. The molecule has 0 fully saturated rings. The molecule has 6 nitrogen and oxygen atoms in total. The SMILES string of the molecule is COCc1c(C(=O)O[C@@H](C)C(=O)N[C@H](C)c2ccc(F)cc2)oc2ccccc12. The zero-order valence-corrected chi connectivity index (χ0v) is 16.4. The number of furan rings is 1. The van der Waals surface area contributed by atoms with Crippen molar-refractivity contribution in [2.24, 2.45) is 0 Å². The number of amides is 1. The van der Waals surface area contributed by atoms with Crippen LogP contribution < -0.4 is 5.32 Å². The number of methoxy groups -OCH3 is 1. The molecule has 1 heterocycles. The lowest BCUT2D eigenvalue weighted by atomic mass is 10.1. The highest BCUT2D eigenvalue weighted by atomic mass is 19.1. The van der Waals surface area contributed by atoms with Crippen LogP contribution in [0.25, 0.3) is 11.0 Å². The summed E-state index contributed by atoms with van der Waals surface area (Å²) in [5.74, 6) is -1.56. The average molecular weight is 399 g/mol. The maximum atomic E-state index is 13.0. The molecule has 7 heteroatoms. The Morgan fingerprint density at radius 2 is 1.79 bits per heavy atom. The van der Waals surface area contributed by atoms with E-state index in [-0.39, 0.29) is 24.2 Å². The number of nitrogens with one attached hydrogen (secondary N) is 1. The molecular formula is C22H22FNO5. The van der Waals surface area contributed by atoms with Gasteiger partial charge < -0.3 is 19.2 Å². The average Bonchev–Trinajstić information content (AvgIpc) is 3.07. The third-order valence-electron chi connectivity index (χ3n) is 4.55. The molecule has 0 spiro atoms. The molecule has 3 rings (SSSR count). The molecule has 0 bridgehead atoms. The van der Waals surface area contributed by atoms with Gasteiger partial charge in [0.15, 0.2) is 6.10 Å². The van der Waals surface area contributed by atoms with E-state index in [1.165, 1.54) is 26.2 Å². The zero-order chi connectivity index (χ0) is 21.0. The molecule has 1 amide bonds. The number of esters is 1. The lowest BCUT2D eigenvalue weighted by Gasteiger charge is -2.18. The van der Waals surface area contributed by atoms with Crippen molar-refractivity contribution < 1.29 is 27.9 Å². The first-order valence-corrected chi connectivity index (χ1v) is 9.17. The van der Waals surface area contributed by atoms with E-state index in [0.717, 1.165) is 10.9 Å². The summed E-state index contributed by atoms with van der Waals surface area (Å²) >= 11 is 0. The fourth-order valence-corrected chi connectivity index (χ4v) is 2.98. The minimum absolute atomic E-state index is 0.0132. The number of ether oxygens (including phenoxy) is 2. The van der Waals surface area contributed by atoms with Crippen LogP contribution in [0.5, 0.6) is 0 Å². The van der Waals surface area contributed by atoms with E-state index < -0.39 is 18.0 Å². The van der Waals surface area contributed by atoms with Gasteiger partial charge in [0.05, 0.1) is 12.6 Å². The van der Waals surface area contributed by atoms with Gasteiger partial charge in [0.1, 0.15) is 11.4 Å². The third-order valence-corrected chi connectivity index (χ3v) is 4.55. The Bertz CT molecular complexity index is 1010. The molecular weight excluding hydrogens is 377 g/mol. The number of hydrogen-bond acceptors (Lipinski definition) is 5. The predicted molar refractivity (Wildman–Crippen MR) is 105 cm³/mol. The molecule has 0 radical (unpaired) electrons. The molecule has 1 N–H and O–H groups in total. The summed E-state index contributed by atoms with van der Waals surface area (Å²) in [5.41, 5.74) is 1.84. The van der Waals surface area contributed by atoms with Crippen molar-refractivity contribution in [1.29, 1.82) is 0 Å². The van der Waals surface area contributed by atoms with Crippen molar-refractivity contribution in [2.75, 3.05) is 7.11 Å². The van der Waals surface area contributed by atoms with Crippen LogP contribution in [0.1, 0.15) is 41.6 Å². The van der Waals surface area contributed by atoms with E-state index in [0.29, 0.717) is 11.1 Å². The molecule has 0 saturated heterocycles. The number of hydrogen-bond donors (Lipinski definition) is 1. The Labute approximate surface area is 167 Å². The van der Waals surface area contributed by atoms with Crippen LogP contribution in [-0.2, 0) is 20.9 Å². The first-order valence-electron chi connectivity index (χ1n) is 9.17. The van der Waals surface area contributed by atoms with Gasteiger partial charge in [-0.2, -0.15) is 0 Å². The minimum atomic E-state index is -1.05. The topological polar surface area (TPSA) is 77.8 Å². The first kappa shape index (κ1) is 20.5. The van der Waals surface area contributed by atoms with E-state index in [1.807, 2.05) is 12.1 Å². The van der Waals surface area contributed by atoms with Crippen LogP contribution in [0.4, 0.5) is 4.39 Å².